The van der Waals surface area contributed by atoms with Gasteiger partial charge in [-0.05, 0) is 19.3 Å². The molecule has 1 unspecified atom stereocenters. The predicted molar refractivity (Wildman–Crippen MR) is 335 cm³/mol. The molecule has 0 bridgehead atoms. The molecule has 0 aliphatic carbocycles. The summed E-state index contributed by atoms with van der Waals surface area (Å²) < 4.78 is 17.0. The van der Waals surface area contributed by atoms with E-state index in [0.717, 1.165) is 57.8 Å². The molecule has 0 N–H and O–H groups in total. The summed E-state index contributed by atoms with van der Waals surface area (Å²) in [5, 5.41) is 0. The van der Waals surface area contributed by atoms with E-state index in [4.69, 9.17) is 14.2 Å². The molecule has 0 aliphatic heterocycles. The third kappa shape index (κ3) is 65.1. The highest BCUT2D eigenvalue weighted by molar-refractivity contribution is 5.71. The third-order valence-electron chi connectivity index (χ3n) is 16.6. The Balaban J connectivity index is 4.20. The number of rotatable bonds is 67. The van der Waals surface area contributed by atoms with E-state index in [1.54, 1.807) is 0 Å². The first-order chi connectivity index (χ1) is 38.0. The number of unbranched alkanes of at least 4 members (excludes halogenated alkanes) is 56. The normalized spacial score (nSPS) is 11.9. The number of carbonyl (C=O) groups excluding carboxylic acids is 3. The summed E-state index contributed by atoms with van der Waals surface area (Å²) in [6.07, 6.45) is 78.5. The average Bonchev–Trinajstić information content (AvgIpc) is 3.43. The largest absolute Gasteiger partial charge is 0.462 e. The van der Waals surface area contributed by atoms with Gasteiger partial charge in [-0.1, -0.05) is 380 Å². The van der Waals surface area contributed by atoms with Crippen molar-refractivity contribution in [3.8, 4) is 0 Å². The monoisotopic (exact) mass is 1090 g/mol. The number of hydrogen-bond donors (Lipinski definition) is 0. The quantitative estimate of drug-likeness (QED) is 0.0343. The first-order valence-electron chi connectivity index (χ1n) is 35.5. The Hall–Kier alpha value is -1.59. The molecule has 0 aromatic heterocycles. The second-order valence-corrected chi connectivity index (χ2v) is 24.5. The minimum atomic E-state index is -0.763. The Labute approximate surface area is 482 Å². The van der Waals surface area contributed by atoms with Crippen molar-refractivity contribution in [2.75, 3.05) is 13.2 Å². The zero-order valence-corrected chi connectivity index (χ0v) is 52.8. The van der Waals surface area contributed by atoms with Gasteiger partial charge in [0, 0.05) is 19.3 Å². The third-order valence-corrected chi connectivity index (χ3v) is 16.6. The Kier molecular flexibility index (Phi) is 65.5. The van der Waals surface area contributed by atoms with Gasteiger partial charge in [0.15, 0.2) is 6.10 Å². The summed E-state index contributed by atoms with van der Waals surface area (Å²) in [4.78, 5) is 38.4. The van der Waals surface area contributed by atoms with E-state index < -0.39 is 6.10 Å². The van der Waals surface area contributed by atoms with Crippen LogP contribution in [0.1, 0.15) is 419 Å². The Morgan fingerprint density at radius 1 is 0.208 bits per heavy atom. The minimum absolute atomic E-state index is 0.0601. The van der Waals surface area contributed by atoms with Gasteiger partial charge in [0.1, 0.15) is 13.2 Å². The molecule has 6 nitrogen and oxygen atoms in total. The van der Waals surface area contributed by atoms with Gasteiger partial charge in [-0.25, -0.2) is 0 Å². The van der Waals surface area contributed by atoms with Gasteiger partial charge < -0.3 is 14.2 Å². The zero-order chi connectivity index (χ0) is 55.7. The lowest BCUT2D eigenvalue weighted by Crippen LogP contribution is -2.30. The first-order valence-corrected chi connectivity index (χ1v) is 35.5. The van der Waals surface area contributed by atoms with E-state index in [1.807, 2.05) is 0 Å². The van der Waals surface area contributed by atoms with Crippen molar-refractivity contribution in [3.63, 3.8) is 0 Å². The van der Waals surface area contributed by atoms with E-state index in [0.29, 0.717) is 19.3 Å². The summed E-state index contributed by atoms with van der Waals surface area (Å²) >= 11 is 0. The molecular formula is C71H138O6. The SMILES string of the molecule is CCCCCCCCCCCCCCCCCCCCCCCCCCCCC(=O)OCC(COC(=O)CCCCCCCCCCCCCCCCCC)OC(=O)CCCCCCCCCCCCCCCCCCC. The Bertz CT molecular complexity index is 1160. The van der Waals surface area contributed by atoms with E-state index in [-0.39, 0.29) is 31.1 Å². The number of hydrogen-bond acceptors (Lipinski definition) is 6. The smallest absolute Gasteiger partial charge is 0.306 e. The molecule has 0 rings (SSSR count). The number of carbonyl (C=O) groups is 3. The lowest BCUT2D eigenvalue weighted by atomic mass is 10.0. The van der Waals surface area contributed by atoms with Crippen molar-refractivity contribution in [2.24, 2.45) is 0 Å². The van der Waals surface area contributed by atoms with E-state index >= 15 is 0 Å². The van der Waals surface area contributed by atoms with Gasteiger partial charge in [-0.2, -0.15) is 0 Å². The maximum absolute atomic E-state index is 12.9. The Morgan fingerprint density at radius 2 is 0.351 bits per heavy atom. The van der Waals surface area contributed by atoms with E-state index in [2.05, 4.69) is 20.8 Å². The van der Waals surface area contributed by atoms with Crippen LogP contribution in [-0.4, -0.2) is 37.2 Å². The lowest BCUT2D eigenvalue weighted by molar-refractivity contribution is -0.167. The molecule has 0 heterocycles. The molecule has 0 aliphatic rings. The van der Waals surface area contributed by atoms with Crippen LogP contribution in [0.15, 0.2) is 0 Å². The van der Waals surface area contributed by atoms with Gasteiger partial charge in [0.05, 0.1) is 0 Å². The lowest BCUT2D eigenvalue weighted by Gasteiger charge is -2.18. The molecule has 0 spiro atoms. The molecule has 0 radical (unpaired) electrons. The van der Waals surface area contributed by atoms with Crippen molar-refractivity contribution < 1.29 is 28.6 Å². The number of esters is 3. The molecule has 0 aromatic rings. The summed E-state index contributed by atoms with van der Waals surface area (Å²) in [7, 11) is 0. The molecule has 0 amide bonds. The van der Waals surface area contributed by atoms with Gasteiger partial charge in [0.2, 0.25) is 0 Å². The highest BCUT2D eigenvalue weighted by Gasteiger charge is 2.19. The van der Waals surface area contributed by atoms with E-state index in [9.17, 15) is 14.4 Å². The first kappa shape index (κ1) is 75.4. The van der Waals surface area contributed by atoms with Crippen molar-refractivity contribution in [2.45, 2.75) is 425 Å². The molecule has 6 heteroatoms. The fourth-order valence-electron chi connectivity index (χ4n) is 11.3. The topological polar surface area (TPSA) is 78.9 Å². The van der Waals surface area contributed by atoms with Crippen molar-refractivity contribution >= 4 is 17.9 Å². The summed E-state index contributed by atoms with van der Waals surface area (Å²) in [6.45, 7) is 6.75. The summed E-state index contributed by atoms with van der Waals surface area (Å²) in [6, 6.07) is 0. The fraction of sp³-hybridized carbons (Fsp3) is 0.958. The highest BCUT2D eigenvalue weighted by atomic mass is 16.6. The molecule has 0 saturated carbocycles. The van der Waals surface area contributed by atoms with Crippen molar-refractivity contribution in [3.05, 3.63) is 0 Å². The van der Waals surface area contributed by atoms with Crippen LogP contribution in [0.2, 0.25) is 0 Å². The van der Waals surface area contributed by atoms with Crippen LogP contribution >= 0.6 is 0 Å². The van der Waals surface area contributed by atoms with Crippen LogP contribution in [0.5, 0.6) is 0 Å². The molecule has 77 heavy (non-hydrogen) atoms. The second kappa shape index (κ2) is 66.9. The van der Waals surface area contributed by atoms with Crippen molar-refractivity contribution in [1.29, 1.82) is 0 Å². The Morgan fingerprint density at radius 3 is 0.519 bits per heavy atom. The van der Waals surface area contributed by atoms with Gasteiger partial charge in [-0.15, -0.1) is 0 Å². The predicted octanol–water partition coefficient (Wildman–Crippen LogP) is 24.2. The average molecular weight is 1090 g/mol. The second-order valence-electron chi connectivity index (χ2n) is 24.5. The van der Waals surface area contributed by atoms with E-state index in [1.165, 1.54) is 321 Å². The molecule has 458 valence electrons. The maximum atomic E-state index is 12.9. The maximum Gasteiger partial charge on any atom is 0.306 e. The molecular weight excluding hydrogens is 949 g/mol. The van der Waals surface area contributed by atoms with Crippen LogP contribution < -0.4 is 0 Å². The van der Waals surface area contributed by atoms with Crippen LogP contribution in [0.25, 0.3) is 0 Å². The fourth-order valence-corrected chi connectivity index (χ4v) is 11.3. The van der Waals surface area contributed by atoms with Crippen LogP contribution in [-0.2, 0) is 28.6 Å². The highest BCUT2D eigenvalue weighted by Crippen LogP contribution is 2.19. The van der Waals surface area contributed by atoms with Gasteiger partial charge in [-0.3, -0.25) is 14.4 Å². The number of ether oxygens (including phenoxy) is 3. The van der Waals surface area contributed by atoms with Crippen LogP contribution in [0, 0.1) is 0 Å². The zero-order valence-electron chi connectivity index (χ0n) is 52.8. The molecule has 0 fully saturated rings. The van der Waals surface area contributed by atoms with Gasteiger partial charge >= 0.3 is 17.9 Å². The van der Waals surface area contributed by atoms with Crippen LogP contribution in [0.4, 0.5) is 0 Å². The van der Waals surface area contributed by atoms with Crippen LogP contribution in [0.3, 0.4) is 0 Å². The molecule has 0 saturated heterocycles. The molecule has 0 aromatic carbocycles. The summed E-state index contributed by atoms with van der Waals surface area (Å²) in [5.41, 5.74) is 0. The van der Waals surface area contributed by atoms with Gasteiger partial charge in [0.25, 0.3) is 0 Å². The summed E-state index contributed by atoms with van der Waals surface area (Å²) in [5.74, 6) is -0.819. The molecule has 1 atom stereocenters. The van der Waals surface area contributed by atoms with Crippen molar-refractivity contribution in [1.82, 2.24) is 0 Å². The standard InChI is InChI=1S/C71H138O6/c1-4-7-10-13-16-19-22-25-28-31-32-33-34-35-36-37-38-39-41-43-46-49-52-55-58-61-64-70(73)76-67-68(66-75-69(72)63-60-57-54-51-48-45-42-30-27-24-21-18-15-12-9-6-3)77-71(74)65-62-59-56-53-50-47-44-40-29-26-23-20-17-14-11-8-5-2/h68H,4-67H2,1-3H3. The minimum Gasteiger partial charge on any atom is -0.462 e.